The summed E-state index contributed by atoms with van der Waals surface area (Å²) in [7, 11) is 0. The minimum Gasteiger partial charge on any atom is -0.384 e. The number of carbonyl (C=O) groups is 1. The van der Waals surface area contributed by atoms with Crippen LogP contribution in [0.15, 0.2) is 0 Å². The highest BCUT2D eigenvalue weighted by atomic mass is 19.4. The van der Waals surface area contributed by atoms with E-state index in [-0.39, 0.29) is 0 Å². The lowest BCUT2D eigenvalue weighted by Crippen LogP contribution is -2.38. The summed E-state index contributed by atoms with van der Waals surface area (Å²) in [6, 6.07) is 0. The van der Waals surface area contributed by atoms with Gasteiger partial charge in [0.2, 0.25) is 5.91 Å². The monoisotopic (exact) mass is 171 g/mol. The van der Waals surface area contributed by atoms with Crippen molar-refractivity contribution in [3.05, 3.63) is 0 Å². The first-order chi connectivity index (χ1) is 4.83. The quantitative estimate of drug-likeness (QED) is 0.616. The summed E-state index contributed by atoms with van der Waals surface area (Å²) >= 11 is 0. The van der Waals surface area contributed by atoms with Crippen molar-refractivity contribution in [3.8, 4) is 0 Å². The predicted molar refractivity (Wildman–Crippen MR) is 30.7 cm³/mol. The van der Waals surface area contributed by atoms with Crippen LogP contribution >= 0.6 is 0 Å². The second kappa shape index (κ2) is 3.56. The van der Waals surface area contributed by atoms with E-state index in [4.69, 9.17) is 5.11 Å². The highest BCUT2D eigenvalue weighted by Gasteiger charge is 2.28. The van der Waals surface area contributed by atoms with Crippen molar-refractivity contribution in [1.29, 1.82) is 0 Å². The zero-order valence-corrected chi connectivity index (χ0v) is 5.77. The minimum absolute atomic E-state index is 1.03. The van der Waals surface area contributed by atoms with Crippen molar-refractivity contribution in [2.45, 2.75) is 19.2 Å². The van der Waals surface area contributed by atoms with Crippen molar-refractivity contribution < 1.29 is 23.1 Å². The van der Waals surface area contributed by atoms with Gasteiger partial charge in [-0.25, -0.2) is 0 Å². The number of carbonyl (C=O) groups excluding carboxylic acids is 1. The van der Waals surface area contributed by atoms with Crippen molar-refractivity contribution in [3.63, 3.8) is 0 Å². The van der Waals surface area contributed by atoms with Gasteiger partial charge in [0.25, 0.3) is 0 Å². The molecule has 1 unspecified atom stereocenters. The Bertz CT molecular complexity index is 143. The molecule has 2 N–H and O–H groups in total. The van der Waals surface area contributed by atoms with Crippen molar-refractivity contribution in [2.24, 2.45) is 0 Å². The van der Waals surface area contributed by atoms with E-state index < -0.39 is 24.7 Å². The van der Waals surface area contributed by atoms with E-state index in [9.17, 15) is 18.0 Å². The van der Waals surface area contributed by atoms with E-state index >= 15 is 0 Å². The first-order valence-corrected chi connectivity index (χ1v) is 2.85. The Labute approximate surface area is 61.2 Å². The molecule has 0 saturated heterocycles. The van der Waals surface area contributed by atoms with Gasteiger partial charge < -0.3 is 10.4 Å². The molecule has 1 amide bonds. The summed E-state index contributed by atoms with van der Waals surface area (Å²) in [6.07, 6.45) is -5.83. The second-order valence-electron chi connectivity index (χ2n) is 2.01. The Balaban J connectivity index is 3.64. The summed E-state index contributed by atoms with van der Waals surface area (Å²) in [5.41, 5.74) is 0. The van der Waals surface area contributed by atoms with E-state index in [2.05, 4.69) is 0 Å². The molecular formula is C5H8F3NO2. The highest BCUT2D eigenvalue weighted by Crippen LogP contribution is 2.11. The Kier molecular flexibility index (Phi) is 3.31. The Morgan fingerprint density at radius 1 is 1.64 bits per heavy atom. The number of amides is 1. The molecule has 11 heavy (non-hydrogen) atoms. The van der Waals surface area contributed by atoms with Crippen LogP contribution in [-0.2, 0) is 4.79 Å². The maximum absolute atomic E-state index is 11.4. The zero-order chi connectivity index (χ0) is 9.07. The summed E-state index contributed by atoms with van der Waals surface area (Å²) in [5.74, 6) is -1.03. The lowest BCUT2D eigenvalue weighted by atomic mass is 10.4. The molecule has 0 aliphatic carbocycles. The first kappa shape index (κ1) is 10.2. The van der Waals surface area contributed by atoms with Crippen LogP contribution < -0.4 is 5.32 Å². The standard InChI is InChI=1S/C5H8F3NO2/c1-3(10)4(11)9-2-5(6,7)8/h3,10H,2H2,1H3,(H,9,11). The normalized spacial score (nSPS) is 14.3. The fraction of sp³-hybridized carbons (Fsp3) is 0.800. The van der Waals surface area contributed by atoms with Crippen LogP contribution in [0, 0.1) is 0 Å². The molecule has 3 nitrogen and oxygen atoms in total. The molecule has 0 aromatic carbocycles. The molecule has 0 heterocycles. The van der Waals surface area contributed by atoms with Crippen LogP contribution in [0.1, 0.15) is 6.92 Å². The van der Waals surface area contributed by atoms with Crippen molar-refractivity contribution in [1.82, 2.24) is 5.32 Å². The molecule has 66 valence electrons. The first-order valence-electron chi connectivity index (χ1n) is 2.85. The lowest BCUT2D eigenvalue weighted by molar-refractivity contribution is -0.142. The van der Waals surface area contributed by atoms with Crippen molar-refractivity contribution >= 4 is 5.91 Å². The molecule has 0 aliphatic rings. The van der Waals surface area contributed by atoms with Crippen LogP contribution in [0.2, 0.25) is 0 Å². The number of rotatable bonds is 2. The van der Waals surface area contributed by atoms with E-state index in [1.54, 1.807) is 0 Å². The largest absolute Gasteiger partial charge is 0.405 e. The van der Waals surface area contributed by atoms with Crippen LogP contribution in [-0.4, -0.2) is 29.8 Å². The van der Waals surface area contributed by atoms with Gasteiger partial charge in [0.15, 0.2) is 0 Å². The number of hydrogen-bond donors (Lipinski definition) is 2. The number of alkyl halides is 3. The van der Waals surface area contributed by atoms with E-state index in [0.29, 0.717) is 0 Å². The van der Waals surface area contributed by atoms with Crippen LogP contribution in [0.5, 0.6) is 0 Å². The number of aliphatic hydroxyl groups is 1. The van der Waals surface area contributed by atoms with Gasteiger partial charge in [-0.05, 0) is 6.92 Å². The van der Waals surface area contributed by atoms with Gasteiger partial charge in [0.05, 0.1) is 0 Å². The summed E-state index contributed by atoms with van der Waals surface area (Å²) in [6.45, 7) is -0.317. The van der Waals surface area contributed by atoms with Gasteiger partial charge >= 0.3 is 6.18 Å². The SMILES string of the molecule is CC(O)C(=O)NCC(F)(F)F. The second-order valence-corrected chi connectivity index (χ2v) is 2.01. The molecule has 6 heteroatoms. The predicted octanol–water partition coefficient (Wildman–Crippen LogP) is 0.0457. The van der Waals surface area contributed by atoms with Gasteiger partial charge in [-0.3, -0.25) is 4.79 Å². The zero-order valence-electron chi connectivity index (χ0n) is 5.77. The smallest absolute Gasteiger partial charge is 0.384 e. The molecule has 0 saturated carbocycles. The van der Waals surface area contributed by atoms with E-state index in [1.807, 2.05) is 0 Å². The number of nitrogens with one attached hydrogen (secondary N) is 1. The molecule has 0 spiro atoms. The lowest BCUT2D eigenvalue weighted by Gasteiger charge is -2.08. The average Bonchev–Trinajstić information content (AvgIpc) is 1.80. The van der Waals surface area contributed by atoms with Crippen LogP contribution in [0.3, 0.4) is 0 Å². The summed E-state index contributed by atoms with van der Waals surface area (Å²) in [5, 5.41) is 9.95. The number of halogens is 3. The number of hydrogen-bond acceptors (Lipinski definition) is 2. The van der Waals surface area contributed by atoms with Gasteiger partial charge in [0.1, 0.15) is 12.6 Å². The molecule has 0 radical (unpaired) electrons. The van der Waals surface area contributed by atoms with Gasteiger partial charge in [0, 0.05) is 0 Å². The van der Waals surface area contributed by atoms with Gasteiger partial charge in [-0.2, -0.15) is 13.2 Å². The summed E-state index contributed by atoms with van der Waals surface area (Å²) in [4.78, 5) is 10.3. The van der Waals surface area contributed by atoms with Crippen LogP contribution in [0.25, 0.3) is 0 Å². The molecule has 1 atom stereocenters. The molecule has 0 aliphatic heterocycles. The fourth-order valence-corrected chi connectivity index (χ4v) is 0.335. The Morgan fingerprint density at radius 3 is 2.36 bits per heavy atom. The molecule has 0 fully saturated rings. The Morgan fingerprint density at radius 2 is 2.09 bits per heavy atom. The third kappa shape index (κ3) is 5.65. The third-order valence-corrected chi connectivity index (χ3v) is 0.843. The van der Waals surface area contributed by atoms with E-state index in [1.165, 1.54) is 5.32 Å². The third-order valence-electron chi connectivity index (χ3n) is 0.843. The minimum atomic E-state index is -4.43. The topological polar surface area (TPSA) is 49.3 Å². The molecule has 0 aromatic heterocycles. The molecule has 0 aromatic rings. The maximum atomic E-state index is 11.4. The van der Waals surface area contributed by atoms with Crippen LogP contribution in [0.4, 0.5) is 13.2 Å². The molecule has 0 rings (SSSR count). The highest BCUT2D eigenvalue weighted by molar-refractivity contribution is 5.79. The molecule has 0 bridgehead atoms. The molecular weight excluding hydrogens is 163 g/mol. The Hall–Kier alpha value is -0.780. The maximum Gasteiger partial charge on any atom is 0.405 e. The average molecular weight is 171 g/mol. The van der Waals surface area contributed by atoms with Gasteiger partial charge in [-0.15, -0.1) is 0 Å². The number of aliphatic hydroxyl groups excluding tert-OH is 1. The summed E-state index contributed by atoms with van der Waals surface area (Å²) < 4.78 is 34.1. The van der Waals surface area contributed by atoms with Crippen molar-refractivity contribution in [2.75, 3.05) is 6.54 Å². The van der Waals surface area contributed by atoms with Gasteiger partial charge in [-0.1, -0.05) is 0 Å². The van der Waals surface area contributed by atoms with E-state index in [0.717, 1.165) is 6.92 Å². The fourth-order valence-electron chi connectivity index (χ4n) is 0.335.